The molecule has 0 saturated carbocycles. The number of para-hydroxylation sites is 1. The second kappa shape index (κ2) is 8.10. The molecule has 8 heteroatoms. The Bertz CT molecular complexity index is 1030. The van der Waals surface area contributed by atoms with E-state index in [-0.39, 0.29) is 19.3 Å². The Hall–Kier alpha value is -3.39. The summed E-state index contributed by atoms with van der Waals surface area (Å²) in [6.07, 6.45) is 2.85. The Balaban J connectivity index is 1.23. The van der Waals surface area contributed by atoms with Crippen molar-refractivity contribution in [3.63, 3.8) is 0 Å². The molecule has 0 aliphatic carbocycles. The maximum Gasteiger partial charge on any atom is 0.331 e. The minimum atomic E-state index is -0.600. The number of amides is 1. The molecule has 1 N–H and O–H groups in total. The predicted molar refractivity (Wildman–Crippen MR) is 104 cm³/mol. The van der Waals surface area contributed by atoms with Crippen LogP contribution in [0, 0.1) is 0 Å². The Morgan fingerprint density at radius 1 is 1.18 bits per heavy atom. The summed E-state index contributed by atoms with van der Waals surface area (Å²) >= 11 is 1.47. The summed E-state index contributed by atoms with van der Waals surface area (Å²) in [5.74, 6) is 0.346. The molecule has 2 heterocycles. The number of fused-ring (bicyclic) bond motifs is 2. The summed E-state index contributed by atoms with van der Waals surface area (Å²) in [6, 6.07) is 13.1. The quantitative estimate of drug-likeness (QED) is 0.509. The van der Waals surface area contributed by atoms with Gasteiger partial charge in [0.05, 0.1) is 10.2 Å². The highest BCUT2D eigenvalue weighted by Gasteiger charge is 2.13. The minimum Gasteiger partial charge on any atom is -0.454 e. The van der Waals surface area contributed by atoms with Crippen LogP contribution in [0.3, 0.4) is 0 Å². The highest BCUT2D eigenvalue weighted by molar-refractivity contribution is 7.19. The number of hydrogen-bond acceptors (Lipinski definition) is 7. The summed E-state index contributed by atoms with van der Waals surface area (Å²) < 4.78 is 16.5. The maximum atomic E-state index is 11.9. The van der Waals surface area contributed by atoms with Crippen molar-refractivity contribution in [3.8, 4) is 11.5 Å². The molecule has 7 nitrogen and oxygen atoms in total. The summed E-state index contributed by atoms with van der Waals surface area (Å²) in [5, 5.41) is 3.39. The van der Waals surface area contributed by atoms with Gasteiger partial charge in [-0.1, -0.05) is 18.2 Å². The first-order chi connectivity index (χ1) is 13.7. The molecule has 2 aromatic carbocycles. The number of ether oxygens (including phenoxy) is 3. The van der Waals surface area contributed by atoms with Crippen LogP contribution in [0.2, 0.25) is 0 Å². The third-order valence-corrected chi connectivity index (χ3v) is 4.95. The Morgan fingerprint density at radius 2 is 2.04 bits per heavy atom. The molecule has 28 heavy (non-hydrogen) atoms. The van der Waals surface area contributed by atoms with E-state index in [1.165, 1.54) is 17.4 Å². The van der Waals surface area contributed by atoms with Gasteiger partial charge in [-0.3, -0.25) is 4.79 Å². The van der Waals surface area contributed by atoms with E-state index in [0.29, 0.717) is 23.1 Å². The first-order valence-electron chi connectivity index (χ1n) is 8.53. The molecule has 1 amide bonds. The van der Waals surface area contributed by atoms with Crippen molar-refractivity contribution in [2.45, 2.75) is 6.54 Å². The molecule has 0 spiro atoms. The van der Waals surface area contributed by atoms with E-state index in [2.05, 4.69) is 10.3 Å². The summed E-state index contributed by atoms with van der Waals surface area (Å²) in [6.45, 7) is 0.147. The predicted octanol–water partition coefficient (Wildman–Crippen LogP) is 2.90. The third-order valence-electron chi connectivity index (χ3n) is 3.94. The van der Waals surface area contributed by atoms with Gasteiger partial charge in [-0.25, -0.2) is 9.78 Å². The van der Waals surface area contributed by atoms with E-state index in [1.54, 1.807) is 18.2 Å². The largest absolute Gasteiger partial charge is 0.454 e. The molecule has 1 aliphatic rings. The molecular weight excluding hydrogens is 380 g/mol. The van der Waals surface area contributed by atoms with E-state index in [4.69, 9.17) is 14.2 Å². The number of carbonyl (C=O) groups excluding carboxylic acids is 2. The summed E-state index contributed by atoms with van der Waals surface area (Å²) in [7, 11) is 0. The average Bonchev–Trinajstić information content (AvgIpc) is 3.34. The zero-order valence-corrected chi connectivity index (χ0v) is 15.5. The number of nitrogens with one attached hydrogen (secondary N) is 1. The van der Waals surface area contributed by atoms with E-state index in [1.807, 2.05) is 30.3 Å². The number of nitrogens with zero attached hydrogens (tertiary/aromatic N) is 1. The summed E-state index contributed by atoms with van der Waals surface area (Å²) in [5.41, 5.74) is 1.74. The number of benzene rings is 2. The number of hydrogen-bond donors (Lipinski definition) is 1. The van der Waals surface area contributed by atoms with E-state index in [0.717, 1.165) is 15.8 Å². The fourth-order valence-electron chi connectivity index (χ4n) is 2.59. The molecule has 0 bridgehead atoms. The van der Waals surface area contributed by atoms with Crippen LogP contribution >= 0.6 is 11.3 Å². The Morgan fingerprint density at radius 3 is 2.93 bits per heavy atom. The molecule has 0 unspecified atom stereocenters. The average molecular weight is 396 g/mol. The Labute approximate surface area is 164 Å². The van der Waals surface area contributed by atoms with E-state index >= 15 is 0 Å². The maximum absolute atomic E-state index is 11.9. The summed E-state index contributed by atoms with van der Waals surface area (Å²) in [4.78, 5) is 28.1. The van der Waals surface area contributed by atoms with E-state index in [9.17, 15) is 9.59 Å². The molecule has 1 aliphatic heterocycles. The Kier molecular flexibility index (Phi) is 5.20. The lowest BCUT2D eigenvalue weighted by Gasteiger charge is -2.06. The number of thiazole rings is 1. The van der Waals surface area contributed by atoms with Crippen LogP contribution < -0.4 is 14.8 Å². The van der Waals surface area contributed by atoms with Crippen LogP contribution in [0.15, 0.2) is 48.5 Å². The molecule has 0 atom stereocenters. The van der Waals surface area contributed by atoms with Gasteiger partial charge in [0.15, 0.2) is 18.1 Å². The highest BCUT2D eigenvalue weighted by Crippen LogP contribution is 2.32. The first-order valence-corrected chi connectivity index (χ1v) is 9.35. The zero-order valence-electron chi connectivity index (χ0n) is 14.7. The lowest BCUT2D eigenvalue weighted by atomic mass is 10.2. The van der Waals surface area contributed by atoms with Gasteiger partial charge in [0.2, 0.25) is 6.79 Å². The SMILES string of the molecule is O=C(COC(=O)/C=C/c1nc2ccccc2s1)NCc1ccc2c(c1)OCO2. The standard InChI is InChI=1S/C20H16N2O5S/c23-18(21-10-13-5-6-15-16(9-13)27-12-26-15)11-25-20(24)8-7-19-22-14-3-1-2-4-17(14)28-19/h1-9H,10-12H2,(H,21,23)/b8-7+. The molecular formula is C20H16N2O5S. The van der Waals surface area contributed by atoms with Gasteiger partial charge in [0, 0.05) is 12.6 Å². The topological polar surface area (TPSA) is 86.8 Å². The van der Waals surface area contributed by atoms with Crippen molar-refractivity contribution in [3.05, 3.63) is 59.1 Å². The molecule has 3 aromatic rings. The molecule has 4 rings (SSSR count). The second-order valence-electron chi connectivity index (χ2n) is 5.93. The van der Waals surface area contributed by atoms with Crippen LogP contribution in [-0.4, -0.2) is 30.3 Å². The lowest BCUT2D eigenvalue weighted by Crippen LogP contribution is -2.28. The smallest absolute Gasteiger partial charge is 0.331 e. The van der Waals surface area contributed by atoms with Gasteiger partial charge in [-0.15, -0.1) is 11.3 Å². The third kappa shape index (κ3) is 4.29. The molecule has 0 radical (unpaired) electrons. The fourth-order valence-corrected chi connectivity index (χ4v) is 3.46. The van der Waals surface area contributed by atoms with Gasteiger partial charge >= 0.3 is 5.97 Å². The fraction of sp³-hybridized carbons (Fsp3) is 0.150. The van der Waals surface area contributed by atoms with Gasteiger partial charge in [0.1, 0.15) is 5.01 Å². The zero-order chi connectivity index (χ0) is 19.3. The van der Waals surface area contributed by atoms with Crippen molar-refractivity contribution in [1.29, 1.82) is 0 Å². The lowest BCUT2D eigenvalue weighted by molar-refractivity contribution is -0.143. The van der Waals surface area contributed by atoms with Crippen molar-refractivity contribution in [2.24, 2.45) is 0 Å². The molecule has 1 aromatic heterocycles. The number of esters is 1. The first kappa shape index (κ1) is 18.0. The van der Waals surface area contributed by atoms with Crippen molar-refractivity contribution in [2.75, 3.05) is 13.4 Å². The second-order valence-corrected chi connectivity index (χ2v) is 6.99. The molecule has 0 saturated heterocycles. The van der Waals surface area contributed by atoms with Crippen LogP contribution in [0.5, 0.6) is 11.5 Å². The molecule has 142 valence electrons. The van der Waals surface area contributed by atoms with Crippen LogP contribution in [-0.2, 0) is 20.9 Å². The van der Waals surface area contributed by atoms with E-state index < -0.39 is 5.97 Å². The van der Waals surface area contributed by atoms with Crippen molar-refractivity contribution < 1.29 is 23.8 Å². The van der Waals surface area contributed by atoms with Gasteiger partial charge < -0.3 is 19.5 Å². The number of rotatable bonds is 6. The number of carbonyl (C=O) groups is 2. The highest BCUT2D eigenvalue weighted by atomic mass is 32.1. The van der Waals surface area contributed by atoms with Crippen molar-refractivity contribution >= 4 is 39.5 Å². The van der Waals surface area contributed by atoms with Crippen LogP contribution in [0.25, 0.3) is 16.3 Å². The van der Waals surface area contributed by atoms with Crippen molar-refractivity contribution in [1.82, 2.24) is 10.3 Å². The molecule has 0 fully saturated rings. The van der Waals surface area contributed by atoms with Gasteiger partial charge in [0.25, 0.3) is 5.91 Å². The van der Waals surface area contributed by atoms with Gasteiger partial charge in [-0.05, 0) is 35.9 Å². The van der Waals surface area contributed by atoms with Gasteiger partial charge in [-0.2, -0.15) is 0 Å². The number of aromatic nitrogens is 1. The van der Waals surface area contributed by atoms with Crippen LogP contribution in [0.4, 0.5) is 0 Å². The monoisotopic (exact) mass is 396 g/mol. The normalized spacial score (nSPS) is 12.4. The minimum absolute atomic E-state index is 0.200. The van der Waals surface area contributed by atoms with Crippen LogP contribution in [0.1, 0.15) is 10.6 Å².